The first-order chi connectivity index (χ1) is 20.5. The van der Waals surface area contributed by atoms with Crippen LogP contribution in [-0.2, 0) is 11.0 Å². The normalized spacial score (nSPS) is 19.9. The molecule has 1 aliphatic heterocycles. The van der Waals surface area contributed by atoms with Crippen molar-refractivity contribution in [1.82, 2.24) is 24.4 Å². The maximum atomic E-state index is 13.3. The summed E-state index contributed by atoms with van der Waals surface area (Å²) < 4.78 is 41.8. The van der Waals surface area contributed by atoms with Gasteiger partial charge >= 0.3 is 6.18 Å². The summed E-state index contributed by atoms with van der Waals surface area (Å²) in [5, 5.41) is 0.715. The monoisotopic (exact) mass is 589 g/mol. The van der Waals surface area contributed by atoms with E-state index in [0.717, 1.165) is 52.8 Å². The van der Waals surface area contributed by atoms with Crippen molar-refractivity contribution < 1.29 is 22.8 Å². The maximum Gasteiger partial charge on any atom is 0.416 e. The molecule has 4 heterocycles. The molecule has 2 N–H and O–H groups in total. The third-order valence-electron chi connectivity index (χ3n) is 8.73. The Labute approximate surface area is 245 Å². The van der Waals surface area contributed by atoms with Crippen molar-refractivity contribution in [2.24, 2.45) is 11.8 Å². The molecule has 2 unspecified atom stereocenters. The zero-order valence-electron chi connectivity index (χ0n) is 23.7. The number of hydrogen-bond donors (Lipinski definition) is 1. The molecule has 6 rings (SSSR count). The van der Waals surface area contributed by atoms with Crippen molar-refractivity contribution in [2.45, 2.75) is 32.0 Å². The van der Waals surface area contributed by atoms with Gasteiger partial charge in [0.2, 0.25) is 5.91 Å². The molecule has 2 aliphatic rings. The summed E-state index contributed by atoms with van der Waals surface area (Å²) in [5.74, 6) is 0.509. The second-order valence-corrected chi connectivity index (χ2v) is 11.3. The number of hydrogen-bond acceptors (Lipinski definition) is 6. The summed E-state index contributed by atoms with van der Waals surface area (Å²) in [5.41, 5.74) is 8.80. The van der Waals surface area contributed by atoms with Crippen LogP contribution in [0.1, 0.15) is 40.4 Å². The fourth-order valence-corrected chi connectivity index (χ4v) is 6.54. The first-order valence-electron chi connectivity index (χ1n) is 13.9. The summed E-state index contributed by atoms with van der Waals surface area (Å²) in [6.07, 6.45) is 3.14. The Bertz CT molecular complexity index is 1750. The number of alkyl halides is 3. The standard InChI is InChI=1S/C31H30F3N7O2/c1-4-26(42)40-13-19-10-22(11-20(19)14-40)41-15-24(27-28(35)37-16-38-29(27)41)18-5-6-23(17(2)9-18)30(43)39(3)25-12-21(7-8-36-25)31(32,33)34/h4-9,12,15-16,19-20,22H,1,10-11,13-14H2,2-3H3,(H2,35,37,38). The average molecular weight is 590 g/mol. The lowest BCUT2D eigenvalue weighted by atomic mass is 9.99. The Kier molecular flexibility index (Phi) is 6.94. The zero-order valence-corrected chi connectivity index (χ0v) is 23.7. The molecule has 0 radical (unpaired) electrons. The number of amides is 2. The highest BCUT2D eigenvalue weighted by Crippen LogP contribution is 2.46. The van der Waals surface area contributed by atoms with Gasteiger partial charge in [0, 0.05) is 49.7 Å². The van der Waals surface area contributed by atoms with Crippen molar-refractivity contribution in [3.63, 3.8) is 0 Å². The van der Waals surface area contributed by atoms with E-state index in [1.165, 1.54) is 19.5 Å². The van der Waals surface area contributed by atoms with Gasteiger partial charge in [-0.1, -0.05) is 18.7 Å². The average Bonchev–Trinajstić information content (AvgIpc) is 3.68. The van der Waals surface area contributed by atoms with Crippen molar-refractivity contribution in [2.75, 3.05) is 30.8 Å². The summed E-state index contributed by atoms with van der Waals surface area (Å²) in [6, 6.07) is 7.20. The van der Waals surface area contributed by atoms with E-state index in [9.17, 15) is 22.8 Å². The minimum atomic E-state index is -4.55. The molecule has 3 aromatic heterocycles. The van der Waals surface area contributed by atoms with Crippen molar-refractivity contribution in [3.05, 3.63) is 78.4 Å². The fourth-order valence-electron chi connectivity index (χ4n) is 6.54. The van der Waals surface area contributed by atoms with E-state index < -0.39 is 17.6 Å². The molecule has 1 saturated carbocycles. The van der Waals surface area contributed by atoms with E-state index >= 15 is 0 Å². The van der Waals surface area contributed by atoms with Crippen LogP contribution in [0.4, 0.5) is 24.8 Å². The molecule has 1 saturated heterocycles. The molecule has 4 aromatic rings. The number of carbonyl (C=O) groups excluding carboxylic acids is 2. The molecule has 2 amide bonds. The number of anilines is 2. The van der Waals surface area contributed by atoms with Gasteiger partial charge in [-0.2, -0.15) is 13.2 Å². The number of fused-ring (bicyclic) bond motifs is 2. The first-order valence-corrected chi connectivity index (χ1v) is 13.9. The summed E-state index contributed by atoms with van der Waals surface area (Å²) in [6.45, 7) is 6.82. The van der Waals surface area contributed by atoms with Crippen LogP contribution < -0.4 is 10.6 Å². The predicted octanol–water partition coefficient (Wildman–Crippen LogP) is 5.27. The Morgan fingerprint density at radius 2 is 1.81 bits per heavy atom. The number of nitrogens with two attached hydrogens (primary N) is 1. The van der Waals surface area contributed by atoms with Gasteiger partial charge in [0.15, 0.2) is 0 Å². The molecule has 12 heteroatoms. The second-order valence-electron chi connectivity index (χ2n) is 11.3. The third-order valence-corrected chi connectivity index (χ3v) is 8.73. The number of rotatable bonds is 5. The number of aryl methyl sites for hydroxylation is 1. The minimum Gasteiger partial charge on any atom is -0.383 e. The third kappa shape index (κ3) is 5.00. The molecule has 1 aliphatic carbocycles. The van der Waals surface area contributed by atoms with Crippen molar-refractivity contribution in [1.29, 1.82) is 0 Å². The first kappa shape index (κ1) is 28.4. The lowest BCUT2D eigenvalue weighted by molar-refractivity contribution is -0.137. The summed E-state index contributed by atoms with van der Waals surface area (Å²) in [7, 11) is 1.40. The molecular weight excluding hydrogens is 559 g/mol. The molecule has 9 nitrogen and oxygen atoms in total. The van der Waals surface area contributed by atoms with Gasteiger partial charge in [-0.3, -0.25) is 14.5 Å². The van der Waals surface area contributed by atoms with Gasteiger partial charge in [-0.25, -0.2) is 15.0 Å². The number of pyridine rings is 1. The van der Waals surface area contributed by atoms with E-state index in [4.69, 9.17) is 5.73 Å². The van der Waals surface area contributed by atoms with Crippen molar-refractivity contribution >= 4 is 34.5 Å². The Balaban J connectivity index is 1.30. The Morgan fingerprint density at radius 3 is 2.47 bits per heavy atom. The van der Waals surface area contributed by atoms with Crippen LogP contribution in [0.25, 0.3) is 22.2 Å². The summed E-state index contributed by atoms with van der Waals surface area (Å²) >= 11 is 0. The zero-order chi connectivity index (χ0) is 30.6. The number of nitrogens with zero attached hydrogens (tertiary/aromatic N) is 6. The maximum absolute atomic E-state index is 13.3. The second kappa shape index (κ2) is 10.5. The van der Waals surface area contributed by atoms with Gasteiger partial charge in [0.05, 0.1) is 10.9 Å². The van der Waals surface area contributed by atoms with Crippen LogP contribution in [0.2, 0.25) is 0 Å². The highest BCUT2D eigenvalue weighted by molar-refractivity contribution is 6.07. The number of likely N-dealkylation sites (tertiary alicyclic amines) is 1. The van der Waals surface area contributed by atoms with E-state index in [1.54, 1.807) is 19.1 Å². The quantitative estimate of drug-likeness (QED) is 0.318. The van der Waals surface area contributed by atoms with Gasteiger partial charge in [-0.05, 0) is 67.0 Å². The van der Waals surface area contributed by atoms with Crippen molar-refractivity contribution in [3.8, 4) is 11.1 Å². The van der Waals surface area contributed by atoms with E-state index in [2.05, 4.69) is 26.1 Å². The molecule has 43 heavy (non-hydrogen) atoms. The molecule has 2 fully saturated rings. The number of carbonyl (C=O) groups is 2. The highest BCUT2D eigenvalue weighted by Gasteiger charge is 2.43. The number of aromatic nitrogens is 4. The Morgan fingerprint density at radius 1 is 1.09 bits per heavy atom. The topological polar surface area (TPSA) is 110 Å². The van der Waals surface area contributed by atoms with Crippen LogP contribution >= 0.6 is 0 Å². The molecular formula is C31H30F3N7O2. The van der Waals surface area contributed by atoms with Crippen LogP contribution in [0.5, 0.6) is 0 Å². The number of nitrogen functional groups attached to an aromatic ring is 1. The smallest absolute Gasteiger partial charge is 0.383 e. The predicted molar refractivity (Wildman–Crippen MR) is 156 cm³/mol. The van der Waals surface area contributed by atoms with E-state index in [0.29, 0.717) is 47.3 Å². The van der Waals surface area contributed by atoms with Crippen LogP contribution in [0, 0.1) is 18.8 Å². The van der Waals surface area contributed by atoms with Crippen LogP contribution in [0.15, 0.2) is 61.7 Å². The number of halogens is 3. The lowest BCUT2D eigenvalue weighted by Gasteiger charge is -2.19. The largest absolute Gasteiger partial charge is 0.416 e. The molecule has 0 bridgehead atoms. The highest BCUT2D eigenvalue weighted by atomic mass is 19.4. The molecule has 0 spiro atoms. The van der Waals surface area contributed by atoms with Crippen LogP contribution in [0.3, 0.4) is 0 Å². The van der Waals surface area contributed by atoms with Crippen LogP contribution in [-0.4, -0.2) is 56.4 Å². The Hall–Kier alpha value is -4.74. The molecule has 1 aromatic carbocycles. The molecule has 2 atom stereocenters. The van der Waals surface area contributed by atoms with E-state index in [-0.39, 0.29) is 17.8 Å². The number of benzene rings is 1. The van der Waals surface area contributed by atoms with Gasteiger partial charge in [0.25, 0.3) is 5.91 Å². The minimum absolute atomic E-state index is 0.0326. The van der Waals surface area contributed by atoms with Gasteiger partial charge < -0.3 is 15.2 Å². The van der Waals surface area contributed by atoms with E-state index in [1.807, 2.05) is 17.2 Å². The lowest BCUT2D eigenvalue weighted by Crippen LogP contribution is -2.28. The molecule has 222 valence electrons. The van der Waals surface area contributed by atoms with Gasteiger partial charge in [-0.15, -0.1) is 0 Å². The van der Waals surface area contributed by atoms with Gasteiger partial charge in [0.1, 0.15) is 23.6 Å². The fraction of sp³-hybridized carbons (Fsp3) is 0.323. The summed E-state index contributed by atoms with van der Waals surface area (Å²) in [4.78, 5) is 41.2. The SMILES string of the molecule is C=CC(=O)N1CC2CC(n3cc(-c4ccc(C(=O)N(C)c5cc(C(F)(F)F)ccn5)c(C)c4)c4c(N)ncnc43)CC2C1.